The van der Waals surface area contributed by atoms with Crippen LogP contribution in [0.5, 0.6) is 0 Å². The molecule has 2 N–H and O–H groups in total. The molecule has 2 rings (SSSR count). The molecular formula is C11H17N3O2S. The van der Waals surface area contributed by atoms with Crippen LogP contribution in [0.4, 0.5) is 5.82 Å². The number of hydrogen-bond acceptors (Lipinski definition) is 5. The predicted octanol–water partition coefficient (Wildman–Crippen LogP) is 0.336. The second-order valence-electron chi connectivity index (χ2n) is 4.37. The van der Waals surface area contributed by atoms with Gasteiger partial charge in [-0.25, -0.2) is 13.4 Å². The number of nitrogens with zero attached hydrogens (tertiary/aromatic N) is 2. The van der Waals surface area contributed by atoms with Gasteiger partial charge in [0.15, 0.2) is 9.84 Å². The lowest BCUT2D eigenvalue weighted by atomic mass is 10.1. The number of hydrogen-bond donors (Lipinski definition) is 1. The van der Waals surface area contributed by atoms with E-state index < -0.39 is 9.84 Å². The summed E-state index contributed by atoms with van der Waals surface area (Å²) in [6.07, 6.45) is 1.72. The lowest BCUT2D eigenvalue weighted by molar-refractivity contribution is 0.586. The molecule has 94 valence electrons. The van der Waals surface area contributed by atoms with E-state index in [1.165, 1.54) is 0 Å². The summed E-state index contributed by atoms with van der Waals surface area (Å²) in [7, 11) is -2.84. The predicted molar refractivity (Wildman–Crippen MR) is 67.7 cm³/mol. The van der Waals surface area contributed by atoms with Crippen molar-refractivity contribution in [1.29, 1.82) is 0 Å². The van der Waals surface area contributed by atoms with Crippen molar-refractivity contribution in [2.45, 2.75) is 13.0 Å². The van der Waals surface area contributed by atoms with E-state index in [1.54, 1.807) is 6.20 Å². The lowest BCUT2D eigenvalue weighted by Gasteiger charge is -2.28. The fourth-order valence-corrected chi connectivity index (χ4v) is 3.03. The van der Waals surface area contributed by atoms with E-state index in [4.69, 9.17) is 5.73 Å². The summed E-state index contributed by atoms with van der Waals surface area (Å²) in [5.74, 6) is 1.23. The van der Waals surface area contributed by atoms with Crippen molar-refractivity contribution in [2.24, 2.45) is 5.73 Å². The van der Waals surface area contributed by atoms with Crippen molar-refractivity contribution < 1.29 is 8.42 Å². The molecule has 1 atom stereocenters. The van der Waals surface area contributed by atoms with Gasteiger partial charge in [0.2, 0.25) is 0 Å². The second kappa shape index (κ2) is 4.62. The molecular weight excluding hydrogens is 238 g/mol. The quantitative estimate of drug-likeness (QED) is 0.824. The van der Waals surface area contributed by atoms with Crippen molar-refractivity contribution in [1.82, 2.24) is 4.98 Å². The van der Waals surface area contributed by atoms with Crippen LogP contribution >= 0.6 is 0 Å². The summed E-state index contributed by atoms with van der Waals surface area (Å²) in [6, 6.07) is 3.78. The Morgan fingerprint density at radius 1 is 1.41 bits per heavy atom. The van der Waals surface area contributed by atoms with Gasteiger partial charge in [-0.15, -0.1) is 0 Å². The standard InChI is InChI=1S/C11H17N3O2S/c1-9(12)10-2-3-13-11(8-10)14-4-6-17(15,16)7-5-14/h2-3,8-9H,4-7,12H2,1H3/t9-/m1/s1. The van der Waals surface area contributed by atoms with Crippen LogP contribution in [0, 0.1) is 0 Å². The van der Waals surface area contributed by atoms with Gasteiger partial charge in [-0.05, 0) is 24.6 Å². The summed E-state index contributed by atoms with van der Waals surface area (Å²) in [4.78, 5) is 6.26. The molecule has 1 fully saturated rings. The SMILES string of the molecule is C[C@@H](N)c1ccnc(N2CCS(=O)(=O)CC2)c1. The highest BCUT2D eigenvalue weighted by Gasteiger charge is 2.22. The number of sulfone groups is 1. The Hall–Kier alpha value is -1.14. The van der Waals surface area contributed by atoms with E-state index >= 15 is 0 Å². The summed E-state index contributed by atoms with van der Waals surface area (Å²) in [5.41, 5.74) is 6.83. The molecule has 5 nitrogen and oxygen atoms in total. The number of anilines is 1. The normalized spacial score (nSPS) is 21.2. The van der Waals surface area contributed by atoms with Gasteiger partial charge in [0.1, 0.15) is 5.82 Å². The molecule has 0 aliphatic carbocycles. The molecule has 0 saturated carbocycles. The molecule has 1 aromatic heterocycles. The Labute approximate surface area is 102 Å². The Bertz CT molecular complexity index is 485. The molecule has 1 aromatic rings. The molecule has 0 radical (unpaired) electrons. The van der Waals surface area contributed by atoms with Gasteiger partial charge in [-0.1, -0.05) is 0 Å². The maximum absolute atomic E-state index is 11.3. The minimum atomic E-state index is -2.84. The zero-order valence-corrected chi connectivity index (χ0v) is 10.7. The Kier molecular flexibility index (Phi) is 3.35. The molecule has 1 aliphatic rings. The molecule has 0 unspecified atom stereocenters. The van der Waals surface area contributed by atoms with Crippen molar-refractivity contribution in [3.05, 3.63) is 23.9 Å². The monoisotopic (exact) mass is 255 g/mol. The Balaban J connectivity index is 2.16. The van der Waals surface area contributed by atoms with Crippen LogP contribution in [0.2, 0.25) is 0 Å². The van der Waals surface area contributed by atoms with E-state index in [2.05, 4.69) is 4.98 Å². The number of nitrogens with two attached hydrogens (primary N) is 1. The van der Waals surface area contributed by atoms with Crippen LogP contribution in [-0.4, -0.2) is 38.0 Å². The minimum Gasteiger partial charge on any atom is -0.355 e. The molecule has 17 heavy (non-hydrogen) atoms. The largest absolute Gasteiger partial charge is 0.355 e. The number of aromatic nitrogens is 1. The number of rotatable bonds is 2. The maximum atomic E-state index is 11.3. The van der Waals surface area contributed by atoms with Gasteiger partial charge in [0.25, 0.3) is 0 Å². The summed E-state index contributed by atoms with van der Waals surface area (Å²) in [6.45, 7) is 2.94. The highest BCUT2D eigenvalue weighted by Crippen LogP contribution is 2.18. The molecule has 0 bridgehead atoms. The van der Waals surface area contributed by atoms with Gasteiger partial charge in [0, 0.05) is 25.3 Å². The zero-order valence-electron chi connectivity index (χ0n) is 9.83. The third-order valence-electron chi connectivity index (χ3n) is 2.96. The number of pyridine rings is 1. The van der Waals surface area contributed by atoms with E-state index in [0.717, 1.165) is 11.4 Å². The highest BCUT2D eigenvalue weighted by molar-refractivity contribution is 7.91. The third kappa shape index (κ3) is 2.95. The topological polar surface area (TPSA) is 76.3 Å². The van der Waals surface area contributed by atoms with E-state index in [-0.39, 0.29) is 17.5 Å². The molecule has 2 heterocycles. The first-order valence-electron chi connectivity index (χ1n) is 5.65. The Morgan fingerprint density at radius 3 is 2.65 bits per heavy atom. The van der Waals surface area contributed by atoms with Crippen LogP contribution < -0.4 is 10.6 Å². The average Bonchev–Trinajstić information content (AvgIpc) is 2.29. The molecule has 0 aromatic carbocycles. The lowest BCUT2D eigenvalue weighted by Crippen LogP contribution is -2.40. The fourth-order valence-electron chi connectivity index (χ4n) is 1.83. The highest BCUT2D eigenvalue weighted by atomic mass is 32.2. The van der Waals surface area contributed by atoms with Crippen molar-refractivity contribution in [2.75, 3.05) is 29.5 Å². The summed E-state index contributed by atoms with van der Waals surface area (Å²) >= 11 is 0. The fraction of sp³-hybridized carbons (Fsp3) is 0.545. The van der Waals surface area contributed by atoms with Crippen LogP contribution in [0.25, 0.3) is 0 Å². The first kappa shape index (κ1) is 12.3. The van der Waals surface area contributed by atoms with Crippen LogP contribution in [0.15, 0.2) is 18.3 Å². The van der Waals surface area contributed by atoms with E-state index in [9.17, 15) is 8.42 Å². The van der Waals surface area contributed by atoms with E-state index in [0.29, 0.717) is 13.1 Å². The van der Waals surface area contributed by atoms with Gasteiger partial charge in [-0.2, -0.15) is 0 Å². The molecule has 1 aliphatic heterocycles. The average molecular weight is 255 g/mol. The Morgan fingerprint density at radius 2 is 2.06 bits per heavy atom. The van der Waals surface area contributed by atoms with Crippen LogP contribution in [-0.2, 0) is 9.84 Å². The first-order chi connectivity index (χ1) is 7.98. The maximum Gasteiger partial charge on any atom is 0.153 e. The van der Waals surface area contributed by atoms with Gasteiger partial charge >= 0.3 is 0 Å². The van der Waals surface area contributed by atoms with Crippen LogP contribution in [0.1, 0.15) is 18.5 Å². The van der Waals surface area contributed by atoms with Gasteiger partial charge in [0.05, 0.1) is 11.5 Å². The summed E-state index contributed by atoms with van der Waals surface area (Å²) in [5, 5.41) is 0. The zero-order chi connectivity index (χ0) is 12.5. The van der Waals surface area contributed by atoms with Crippen molar-refractivity contribution >= 4 is 15.7 Å². The second-order valence-corrected chi connectivity index (χ2v) is 6.68. The molecule has 0 spiro atoms. The molecule has 0 amide bonds. The molecule has 1 saturated heterocycles. The third-order valence-corrected chi connectivity index (χ3v) is 4.57. The van der Waals surface area contributed by atoms with E-state index in [1.807, 2.05) is 24.0 Å². The van der Waals surface area contributed by atoms with Crippen molar-refractivity contribution in [3.63, 3.8) is 0 Å². The van der Waals surface area contributed by atoms with Crippen LogP contribution in [0.3, 0.4) is 0 Å². The first-order valence-corrected chi connectivity index (χ1v) is 7.47. The van der Waals surface area contributed by atoms with Crippen molar-refractivity contribution in [3.8, 4) is 0 Å². The van der Waals surface area contributed by atoms with Gasteiger partial charge < -0.3 is 10.6 Å². The minimum absolute atomic E-state index is 0.0368. The smallest absolute Gasteiger partial charge is 0.153 e. The summed E-state index contributed by atoms with van der Waals surface area (Å²) < 4.78 is 22.7. The molecule has 6 heteroatoms. The van der Waals surface area contributed by atoms with Gasteiger partial charge in [-0.3, -0.25) is 0 Å².